The van der Waals surface area contributed by atoms with Crippen molar-refractivity contribution in [3.63, 3.8) is 0 Å². The number of nitrogen functional groups attached to an aromatic ring is 1. The number of halogens is 1. The Labute approximate surface area is 123 Å². The van der Waals surface area contributed by atoms with Gasteiger partial charge in [-0.05, 0) is 0 Å². The normalized spacial score (nSPS) is 34.9. The van der Waals surface area contributed by atoms with Crippen molar-refractivity contribution in [2.45, 2.75) is 23.8 Å². The van der Waals surface area contributed by atoms with Crippen molar-refractivity contribution in [1.29, 1.82) is 0 Å². The molecule has 4 atom stereocenters. The van der Waals surface area contributed by atoms with Gasteiger partial charge in [0.2, 0.25) is 5.60 Å². The molecule has 3 rings (SSSR count). The van der Waals surface area contributed by atoms with Gasteiger partial charge in [-0.2, -0.15) is 0 Å². The van der Waals surface area contributed by atoms with E-state index in [0.29, 0.717) is 0 Å². The van der Waals surface area contributed by atoms with Crippen LogP contribution in [0, 0.1) is 12.3 Å². The lowest BCUT2D eigenvalue weighted by atomic mass is 9.94. The van der Waals surface area contributed by atoms with E-state index >= 15 is 0 Å². The molecule has 10 heteroatoms. The lowest BCUT2D eigenvalue weighted by Crippen LogP contribution is -2.49. The van der Waals surface area contributed by atoms with E-state index in [0.717, 1.165) is 10.9 Å². The van der Waals surface area contributed by atoms with Gasteiger partial charge in [0.15, 0.2) is 23.8 Å². The Morgan fingerprint density at radius 2 is 2.23 bits per heavy atom. The van der Waals surface area contributed by atoms with Crippen LogP contribution in [0.1, 0.15) is 6.23 Å². The van der Waals surface area contributed by atoms with Crippen LogP contribution in [0.15, 0.2) is 12.7 Å². The average Bonchev–Trinajstić information content (AvgIpc) is 3.03. The minimum atomic E-state index is -2.93. The zero-order valence-electron chi connectivity index (χ0n) is 11.1. The van der Waals surface area contributed by atoms with Gasteiger partial charge in [-0.15, -0.1) is 6.42 Å². The molecule has 0 radical (unpaired) electrons. The Morgan fingerprint density at radius 1 is 1.50 bits per heavy atom. The lowest BCUT2D eigenvalue weighted by Gasteiger charge is -2.26. The molecule has 0 saturated carbocycles. The number of rotatable bonds is 2. The summed E-state index contributed by atoms with van der Waals surface area (Å²) >= 11 is 0. The SMILES string of the molecule is C#C[C@]1(O)[C@H](n2cnc3c(N)ncnc32)O[C@](F)(CO)[C@H]1O. The summed E-state index contributed by atoms with van der Waals surface area (Å²) in [6.07, 6.45) is 3.80. The molecule has 0 amide bonds. The molecule has 9 nitrogen and oxygen atoms in total. The average molecular weight is 309 g/mol. The van der Waals surface area contributed by atoms with E-state index in [2.05, 4.69) is 15.0 Å². The van der Waals surface area contributed by atoms with E-state index in [9.17, 15) is 14.6 Å². The Kier molecular flexibility index (Phi) is 3.05. The van der Waals surface area contributed by atoms with E-state index in [-0.39, 0.29) is 17.0 Å². The van der Waals surface area contributed by atoms with Gasteiger partial charge in [0, 0.05) is 0 Å². The molecule has 2 aromatic heterocycles. The third-order valence-electron chi connectivity index (χ3n) is 3.60. The Morgan fingerprint density at radius 3 is 2.86 bits per heavy atom. The molecular weight excluding hydrogens is 297 g/mol. The highest BCUT2D eigenvalue weighted by Gasteiger charge is 2.64. The maximum Gasteiger partial charge on any atom is 0.264 e. The quantitative estimate of drug-likeness (QED) is 0.482. The summed E-state index contributed by atoms with van der Waals surface area (Å²) in [6, 6.07) is 0. The number of ether oxygens (including phenoxy) is 1. The summed E-state index contributed by atoms with van der Waals surface area (Å²) in [6.45, 7) is -1.20. The molecule has 5 N–H and O–H groups in total. The summed E-state index contributed by atoms with van der Waals surface area (Å²) < 4.78 is 20.5. The number of nitrogens with zero attached hydrogens (tertiary/aromatic N) is 4. The molecule has 1 aliphatic rings. The maximum atomic E-state index is 14.4. The molecule has 3 heterocycles. The van der Waals surface area contributed by atoms with Crippen LogP contribution in [0.3, 0.4) is 0 Å². The van der Waals surface area contributed by atoms with E-state index in [1.54, 1.807) is 0 Å². The van der Waals surface area contributed by atoms with Crippen LogP contribution in [0.25, 0.3) is 11.2 Å². The highest BCUT2D eigenvalue weighted by molar-refractivity contribution is 5.81. The number of hydrogen-bond donors (Lipinski definition) is 4. The summed E-state index contributed by atoms with van der Waals surface area (Å²) in [4.78, 5) is 11.6. The molecule has 2 aromatic rings. The molecule has 1 saturated heterocycles. The van der Waals surface area contributed by atoms with Crippen molar-refractivity contribution >= 4 is 17.0 Å². The van der Waals surface area contributed by atoms with Gasteiger partial charge in [0.1, 0.15) is 18.5 Å². The van der Waals surface area contributed by atoms with Crippen LogP contribution in [-0.2, 0) is 4.74 Å². The number of alkyl halides is 1. The number of anilines is 1. The predicted octanol–water partition coefficient (Wildman–Crippen LogP) is -1.68. The fourth-order valence-electron chi connectivity index (χ4n) is 2.39. The molecule has 0 spiro atoms. The third-order valence-corrected chi connectivity index (χ3v) is 3.60. The summed E-state index contributed by atoms with van der Waals surface area (Å²) in [7, 11) is 0. The molecule has 22 heavy (non-hydrogen) atoms. The van der Waals surface area contributed by atoms with E-state index in [4.69, 9.17) is 22.0 Å². The largest absolute Gasteiger partial charge is 0.390 e. The number of hydrogen-bond acceptors (Lipinski definition) is 8. The van der Waals surface area contributed by atoms with Gasteiger partial charge in [-0.25, -0.2) is 19.3 Å². The van der Waals surface area contributed by atoms with Gasteiger partial charge >= 0.3 is 0 Å². The van der Waals surface area contributed by atoms with Gasteiger partial charge in [0.25, 0.3) is 5.85 Å². The first-order chi connectivity index (χ1) is 10.4. The topological polar surface area (TPSA) is 140 Å². The number of imidazole rings is 1. The first kappa shape index (κ1) is 14.6. The van der Waals surface area contributed by atoms with Crippen molar-refractivity contribution in [3.05, 3.63) is 12.7 Å². The molecule has 1 fully saturated rings. The number of terminal acetylenes is 1. The van der Waals surface area contributed by atoms with Gasteiger partial charge in [-0.1, -0.05) is 5.92 Å². The van der Waals surface area contributed by atoms with Crippen LogP contribution < -0.4 is 5.73 Å². The van der Waals surface area contributed by atoms with Gasteiger partial charge < -0.3 is 25.8 Å². The summed E-state index contributed by atoms with van der Waals surface area (Å²) in [5.41, 5.74) is 3.52. The molecule has 1 aliphatic heterocycles. The maximum absolute atomic E-state index is 14.4. The highest BCUT2D eigenvalue weighted by atomic mass is 19.2. The van der Waals surface area contributed by atoms with Crippen molar-refractivity contribution < 1.29 is 24.4 Å². The molecule has 116 valence electrons. The van der Waals surface area contributed by atoms with Gasteiger partial charge in [-0.3, -0.25) is 4.57 Å². The van der Waals surface area contributed by atoms with Crippen LogP contribution in [0.4, 0.5) is 10.2 Å². The summed E-state index contributed by atoms with van der Waals surface area (Å²) in [5, 5.41) is 29.4. The van der Waals surface area contributed by atoms with E-state index in [1.807, 2.05) is 5.92 Å². The fraction of sp³-hybridized carbons (Fsp3) is 0.417. The van der Waals surface area contributed by atoms with E-state index in [1.165, 1.54) is 6.33 Å². The minimum absolute atomic E-state index is 0.0696. The monoisotopic (exact) mass is 309 g/mol. The zero-order valence-corrected chi connectivity index (χ0v) is 11.1. The second kappa shape index (κ2) is 4.59. The van der Waals surface area contributed by atoms with E-state index < -0.39 is 30.4 Å². The first-order valence-corrected chi connectivity index (χ1v) is 6.16. The fourth-order valence-corrected chi connectivity index (χ4v) is 2.39. The van der Waals surface area contributed by atoms with Gasteiger partial charge in [0.05, 0.1) is 6.33 Å². The first-order valence-electron chi connectivity index (χ1n) is 6.16. The van der Waals surface area contributed by atoms with Crippen molar-refractivity contribution in [1.82, 2.24) is 19.5 Å². The van der Waals surface area contributed by atoms with Crippen molar-refractivity contribution in [3.8, 4) is 12.3 Å². The van der Waals surface area contributed by atoms with Crippen molar-refractivity contribution in [2.75, 3.05) is 12.3 Å². The predicted molar refractivity (Wildman–Crippen MR) is 70.6 cm³/mol. The Bertz CT molecular complexity index is 776. The molecular formula is C12H12FN5O4. The second-order valence-corrected chi connectivity index (χ2v) is 4.87. The van der Waals surface area contributed by atoms with Crippen LogP contribution in [0.5, 0.6) is 0 Å². The minimum Gasteiger partial charge on any atom is -0.390 e. The van der Waals surface area contributed by atoms with Crippen LogP contribution in [-0.4, -0.2) is 59.0 Å². The highest BCUT2D eigenvalue weighted by Crippen LogP contribution is 2.45. The van der Waals surface area contributed by atoms with Crippen LogP contribution in [0.2, 0.25) is 0 Å². The standard InChI is InChI=1S/C12H12FN5O4/c1-2-11(21)9(20)12(13,3-19)22-10(11)18-5-17-6-7(14)15-4-16-8(6)18/h1,4-5,9-10,19-21H,3H2,(H2,14,15,16)/t9-,10+,11+,12+/m0/s1. The summed E-state index contributed by atoms with van der Waals surface area (Å²) in [5.74, 6) is -0.957. The third kappa shape index (κ3) is 1.71. The molecule has 0 aliphatic carbocycles. The number of aliphatic hydroxyl groups excluding tert-OH is 2. The van der Waals surface area contributed by atoms with Crippen molar-refractivity contribution in [2.24, 2.45) is 0 Å². The zero-order chi connectivity index (χ0) is 16.1. The smallest absolute Gasteiger partial charge is 0.264 e. The number of nitrogens with two attached hydrogens (primary N) is 1. The Balaban J connectivity index is 2.18. The number of aromatic nitrogens is 4. The number of fused-ring (bicyclic) bond motifs is 1. The molecule has 0 bridgehead atoms. The molecule has 0 unspecified atom stereocenters. The lowest BCUT2D eigenvalue weighted by molar-refractivity contribution is -0.206. The second-order valence-electron chi connectivity index (χ2n) is 4.87. The molecule has 0 aromatic carbocycles. The Hall–Kier alpha value is -2.32. The number of aliphatic hydroxyl groups is 3. The van der Waals surface area contributed by atoms with Crippen LogP contribution >= 0.6 is 0 Å².